The van der Waals surface area contributed by atoms with Crippen LogP contribution in [-0.2, 0) is 26.4 Å². The summed E-state index contributed by atoms with van der Waals surface area (Å²) in [6, 6.07) is 6.90. The van der Waals surface area contributed by atoms with Gasteiger partial charge in [0.1, 0.15) is 5.75 Å². The zero-order valence-corrected chi connectivity index (χ0v) is 17.9. The molecule has 2 aromatic heterocycles. The largest absolute Gasteiger partial charge is 0.506 e. The Morgan fingerprint density at radius 3 is 2.71 bits per heavy atom. The molecule has 1 aromatic carbocycles. The molecule has 0 bridgehead atoms. The van der Waals surface area contributed by atoms with Gasteiger partial charge in [-0.25, -0.2) is 4.79 Å². The number of nitrogens with one attached hydrogen (secondary N) is 1. The lowest BCUT2D eigenvalue weighted by molar-refractivity contribution is 0.0691. The fourth-order valence-electron chi connectivity index (χ4n) is 5.36. The molecule has 1 fully saturated rings. The van der Waals surface area contributed by atoms with Crippen molar-refractivity contribution in [1.82, 2.24) is 14.5 Å². The van der Waals surface area contributed by atoms with Crippen LogP contribution < -0.4 is 5.56 Å². The number of carboxylic acid groups (broad SMARTS) is 1. The summed E-state index contributed by atoms with van der Waals surface area (Å²) in [6.07, 6.45) is 4.57. The second-order valence-electron chi connectivity index (χ2n) is 8.87. The summed E-state index contributed by atoms with van der Waals surface area (Å²) < 4.78 is 2.25. The van der Waals surface area contributed by atoms with Crippen LogP contribution in [-0.4, -0.2) is 43.2 Å². The van der Waals surface area contributed by atoms with E-state index in [9.17, 15) is 19.8 Å². The third kappa shape index (κ3) is 3.07. The van der Waals surface area contributed by atoms with Crippen LogP contribution in [0.1, 0.15) is 53.4 Å². The van der Waals surface area contributed by atoms with E-state index in [1.165, 1.54) is 18.5 Å². The summed E-state index contributed by atoms with van der Waals surface area (Å²) in [4.78, 5) is 29.1. The van der Waals surface area contributed by atoms with Crippen LogP contribution in [0.3, 0.4) is 0 Å². The summed E-state index contributed by atoms with van der Waals surface area (Å²) in [6.45, 7) is 4.32. The third-order valence-corrected chi connectivity index (χ3v) is 7.12. The van der Waals surface area contributed by atoms with Gasteiger partial charge in [-0.05, 0) is 63.3 Å². The van der Waals surface area contributed by atoms with E-state index in [-0.39, 0.29) is 0 Å². The van der Waals surface area contributed by atoms with E-state index >= 15 is 0 Å². The lowest BCUT2D eigenvalue weighted by atomic mass is 9.97. The molecular weight excluding hydrogens is 394 g/mol. The first-order valence-electron chi connectivity index (χ1n) is 10.9. The van der Waals surface area contributed by atoms with Crippen molar-refractivity contribution in [2.24, 2.45) is 7.05 Å². The van der Waals surface area contributed by atoms with Crippen LogP contribution in [0.15, 0.2) is 23.0 Å². The molecule has 1 aliphatic heterocycles. The van der Waals surface area contributed by atoms with Crippen LogP contribution >= 0.6 is 0 Å². The van der Waals surface area contributed by atoms with Crippen LogP contribution in [0.5, 0.6) is 5.75 Å². The highest BCUT2D eigenvalue weighted by molar-refractivity contribution is 5.94. The smallest absolute Gasteiger partial charge is 0.345 e. The molecule has 3 N–H and O–H groups in total. The second kappa shape index (κ2) is 7.27. The first kappa shape index (κ1) is 19.9. The van der Waals surface area contributed by atoms with Crippen LogP contribution in [0, 0.1) is 0 Å². The molecule has 5 rings (SSSR count). The minimum atomic E-state index is -1.41. The highest BCUT2D eigenvalue weighted by atomic mass is 16.4. The van der Waals surface area contributed by atoms with Gasteiger partial charge in [-0.3, -0.25) is 9.69 Å². The number of rotatable bonds is 3. The summed E-state index contributed by atoms with van der Waals surface area (Å²) in [5.41, 5.74) is 4.13. The highest BCUT2D eigenvalue weighted by Gasteiger charge is 2.27. The van der Waals surface area contributed by atoms with Crippen molar-refractivity contribution >= 4 is 16.9 Å². The number of hydrogen-bond acceptors (Lipinski definition) is 4. The maximum atomic E-state index is 12.4. The Morgan fingerprint density at radius 1 is 1.23 bits per heavy atom. The van der Waals surface area contributed by atoms with Gasteiger partial charge in [0.15, 0.2) is 5.56 Å². The van der Waals surface area contributed by atoms with Crippen molar-refractivity contribution in [2.75, 3.05) is 6.54 Å². The molecule has 7 nitrogen and oxygen atoms in total. The fourth-order valence-corrected chi connectivity index (χ4v) is 5.36. The number of nitrogens with zero attached hydrogens (tertiary/aromatic N) is 2. The molecule has 1 atom stereocenters. The third-order valence-electron chi connectivity index (χ3n) is 7.12. The van der Waals surface area contributed by atoms with Crippen molar-refractivity contribution in [3.8, 4) is 17.0 Å². The van der Waals surface area contributed by atoms with Gasteiger partial charge in [0, 0.05) is 47.4 Å². The van der Waals surface area contributed by atoms with Crippen molar-refractivity contribution in [1.29, 1.82) is 0 Å². The zero-order chi connectivity index (χ0) is 21.9. The lowest BCUT2D eigenvalue weighted by Gasteiger charge is -2.21. The molecule has 1 unspecified atom stereocenters. The molecule has 2 aliphatic rings. The van der Waals surface area contributed by atoms with Crippen LogP contribution in [0.2, 0.25) is 0 Å². The van der Waals surface area contributed by atoms with Gasteiger partial charge in [0.25, 0.3) is 5.56 Å². The van der Waals surface area contributed by atoms with E-state index < -0.39 is 22.8 Å². The first-order chi connectivity index (χ1) is 14.9. The Balaban J connectivity index is 1.67. The van der Waals surface area contributed by atoms with Crippen molar-refractivity contribution < 1.29 is 15.0 Å². The Bertz CT molecular complexity index is 1270. The number of fused-ring (bicyclic) bond motifs is 5. The second-order valence-corrected chi connectivity index (χ2v) is 8.87. The number of hydrogen-bond donors (Lipinski definition) is 3. The Morgan fingerprint density at radius 2 is 2.00 bits per heavy atom. The Labute approximate surface area is 179 Å². The standard InChI is InChI=1S/C24H27N3O4/c1-13-5-4-10-27(13)12-14-11-18-15-6-3-7-17-21(16(15)8-9-19(18)26(14)2)25-23(29)20(22(17)28)24(30)31/h8-9,11,13H,3-7,10,12H2,1-2H3,(H,30,31)(H2,25,28,29). The molecule has 1 saturated heterocycles. The van der Waals surface area contributed by atoms with Gasteiger partial charge in [-0.15, -0.1) is 0 Å². The number of H-pyrrole nitrogens is 1. The quantitative estimate of drug-likeness (QED) is 0.602. The molecule has 0 spiro atoms. The van der Waals surface area contributed by atoms with E-state index in [4.69, 9.17) is 0 Å². The number of aryl methyl sites for hydroxylation is 2. The molecule has 1 aliphatic carbocycles. The van der Waals surface area contributed by atoms with Crippen LogP contribution in [0.4, 0.5) is 0 Å². The number of carboxylic acids is 1. The SMILES string of the molecule is CC1CCCN1Cc1cc2c3c(ccc2n1C)-c1[nH]c(=O)c(C(=O)O)c(O)c1CCC3. The molecule has 31 heavy (non-hydrogen) atoms. The Kier molecular flexibility index (Phi) is 4.66. The molecule has 162 valence electrons. The maximum absolute atomic E-state index is 12.4. The molecule has 0 saturated carbocycles. The number of carbonyl (C=O) groups is 1. The van der Waals surface area contributed by atoms with Crippen molar-refractivity contribution in [3.63, 3.8) is 0 Å². The number of benzene rings is 1. The topological polar surface area (TPSA) is 98.6 Å². The average molecular weight is 421 g/mol. The lowest BCUT2D eigenvalue weighted by Crippen LogP contribution is -2.27. The zero-order valence-electron chi connectivity index (χ0n) is 17.9. The predicted octanol–water partition coefficient (Wildman–Crippen LogP) is 3.41. The summed E-state index contributed by atoms with van der Waals surface area (Å²) in [7, 11) is 2.10. The number of likely N-dealkylation sites (tertiary alicyclic amines) is 1. The number of aromatic hydroxyl groups is 1. The minimum Gasteiger partial charge on any atom is -0.506 e. The van der Waals surface area contributed by atoms with Crippen LogP contribution in [0.25, 0.3) is 22.2 Å². The van der Waals surface area contributed by atoms with E-state index in [0.29, 0.717) is 23.7 Å². The van der Waals surface area contributed by atoms with E-state index in [1.807, 2.05) is 6.07 Å². The van der Waals surface area contributed by atoms with Gasteiger partial charge < -0.3 is 19.8 Å². The number of pyridine rings is 1. The number of aromatic amines is 1. The predicted molar refractivity (Wildman–Crippen MR) is 119 cm³/mol. The van der Waals surface area contributed by atoms with Crippen molar-refractivity contribution in [3.05, 3.63) is 50.9 Å². The minimum absolute atomic E-state index is 0.407. The van der Waals surface area contributed by atoms with Gasteiger partial charge in [-0.1, -0.05) is 6.07 Å². The van der Waals surface area contributed by atoms with E-state index in [0.717, 1.165) is 48.0 Å². The Hall–Kier alpha value is -3.06. The van der Waals surface area contributed by atoms with E-state index in [2.05, 4.69) is 40.6 Å². The summed E-state index contributed by atoms with van der Waals surface area (Å²) in [5.74, 6) is -1.82. The van der Waals surface area contributed by atoms with Gasteiger partial charge in [-0.2, -0.15) is 0 Å². The molecular formula is C24H27N3O4. The molecule has 7 heteroatoms. The molecule has 0 amide bonds. The number of aromatic nitrogens is 2. The normalized spacial score (nSPS) is 18.7. The van der Waals surface area contributed by atoms with Gasteiger partial charge in [0.05, 0.1) is 5.69 Å². The highest BCUT2D eigenvalue weighted by Crippen LogP contribution is 2.39. The van der Waals surface area contributed by atoms with Gasteiger partial charge >= 0.3 is 5.97 Å². The average Bonchev–Trinajstić information content (AvgIpc) is 3.20. The molecule has 3 heterocycles. The first-order valence-corrected chi connectivity index (χ1v) is 10.9. The summed E-state index contributed by atoms with van der Waals surface area (Å²) >= 11 is 0. The summed E-state index contributed by atoms with van der Waals surface area (Å²) in [5, 5.41) is 21.1. The van der Waals surface area contributed by atoms with E-state index in [1.54, 1.807) is 0 Å². The van der Waals surface area contributed by atoms with Gasteiger partial charge in [0.2, 0.25) is 0 Å². The maximum Gasteiger partial charge on any atom is 0.345 e. The number of aromatic carboxylic acids is 1. The molecule has 3 aromatic rings. The van der Waals surface area contributed by atoms with Crippen molar-refractivity contribution in [2.45, 2.75) is 51.6 Å². The molecule has 0 radical (unpaired) electrons. The monoisotopic (exact) mass is 421 g/mol. The fraction of sp³-hybridized carbons (Fsp3) is 0.417.